The standard InChI is InChI=1S/C20H28O3.C19H26O2.C18H26O3/c1-20(2,3)15-7-8-16-23-19(21)10-6-5-9-17-11-13-18(22-4)14-12-17;1-19(2,3)15-9-10-16-21-18(20)14-8-7-13-17-11-5-4-6-12-17;1-18(2,3)13-5-6-14-21-17(19)12-9-15-7-10-16(20-4)11-8-15/h5-6,9-14H,7-8,15-16H2,1-4H3;4-8,11-14H,9-10,15-16H2,1-3H3;7-12H,5-6,13-14H2,1-4H3/b9-5+,10-6+;13-7+,14-8+;12-9+. The number of allylic oxidation sites excluding steroid dienone is 4. The van der Waals surface area contributed by atoms with Crippen LogP contribution in [-0.4, -0.2) is 51.9 Å². The molecule has 65 heavy (non-hydrogen) atoms. The highest BCUT2D eigenvalue weighted by atomic mass is 16.5. The molecule has 0 saturated heterocycles. The third-order valence-electron chi connectivity index (χ3n) is 9.40. The first kappa shape index (κ1) is 57.4. The molecule has 0 atom stereocenters. The van der Waals surface area contributed by atoms with Gasteiger partial charge in [0.25, 0.3) is 0 Å². The Kier molecular flexibility index (Phi) is 29.1. The Bertz CT molecular complexity index is 1880. The van der Waals surface area contributed by atoms with E-state index in [2.05, 4.69) is 62.3 Å². The lowest BCUT2D eigenvalue weighted by Gasteiger charge is -2.17. The first-order chi connectivity index (χ1) is 30.8. The zero-order chi connectivity index (χ0) is 48.4. The van der Waals surface area contributed by atoms with E-state index in [-0.39, 0.29) is 17.9 Å². The van der Waals surface area contributed by atoms with Gasteiger partial charge in [-0.05, 0) is 121 Å². The number of carbonyl (C=O) groups excluding carboxylic acids is 3. The van der Waals surface area contributed by atoms with Gasteiger partial charge in [0.1, 0.15) is 11.5 Å². The molecule has 0 unspecified atom stereocenters. The van der Waals surface area contributed by atoms with Crippen LogP contribution in [0, 0.1) is 16.2 Å². The molecule has 3 aromatic rings. The Labute approximate surface area is 392 Å². The second kappa shape index (κ2) is 32.9. The van der Waals surface area contributed by atoms with Crippen LogP contribution in [0.2, 0.25) is 0 Å². The van der Waals surface area contributed by atoms with Crippen molar-refractivity contribution in [3.8, 4) is 11.5 Å². The van der Waals surface area contributed by atoms with E-state index in [0.717, 1.165) is 86.0 Å². The van der Waals surface area contributed by atoms with Gasteiger partial charge in [0.15, 0.2) is 0 Å². The van der Waals surface area contributed by atoms with Crippen molar-refractivity contribution in [1.82, 2.24) is 0 Å². The minimum Gasteiger partial charge on any atom is -0.497 e. The Hall–Kier alpha value is -5.63. The number of hydrogen-bond acceptors (Lipinski definition) is 8. The van der Waals surface area contributed by atoms with Gasteiger partial charge in [0.2, 0.25) is 0 Å². The number of unbranched alkanes of at least 4 members (excludes halogenated alkanes) is 3. The molecule has 0 heterocycles. The highest BCUT2D eigenvalue weighted by molar-refractivity contribution is 5.87. The van der Waals surface area contributed by atoms with E-state index in [4.69, 9.17) is 23.7 Å². The molecule has 0 aliphatic carbocycles. The normalized spacial score (nSPS) is 11.9. The molecule has 8 heteroatoms. The maximum Gasteiger partial charge on any atom is 0.330 e. The van der Waals surface area contributed by atoms with Gasteiger partial charge < -0.3 is 23.7 Å². The quantitative estimate of drug-likeness (QED) is 0.0323. The van der Waals surface area contributed by atoms with Crippen molar-refractivity contribution in [3.05, 3.63) is 138 Å². The Morgan fingerprint density at radius 2 is 0.723 bits per heavy atom. The fraction of sp³-hybridized carbons (Fsp3) is 0.456. The predicted octanol–water partition coefficient (Wildman–Crippen LogP) is 14.5. The lowest BCUT2D eigenvalue weighted by molar-refractivity contribution is -0.138. The Balaban J connectivity index is 0.000000488. The topological polar surface area (TPSA) is 97.4 Å². The molecule has 0 N–H and O–H groups in total. The van der Waals surface area contributed by atoms with Crippen LogP contribution in [0.15, 0.2) is 121 Å². The molecular weight excluding hydrogens is 813 g/mol. The molecule has 0 spiro atoms. The number of ether oxygens (including phenoxy) is 5. The summed E-state index contributed by atoms with van der Waals surface area (Å²) in [7, 11) is 3.27. The van der Waals surface area contributed by atoms with Gasteiger partial charge in [-0.2, -0.15) is 0 Å². The lowest BCUT2D eigenvalue weighted by atomic mass is 9.90. The van der Waals surface area contributed by atoms with Crippen LogP contribution in [0.3, 0.4) is 0 Å². The highest BCUT2D eigenvalue weighted by Crippen LogP contribution is 2.23. The molecule has 356 valence electrons. The van der Waals surface area contributed by atoms with Crippen LogP contribution in [0.4, 0.5) is 0 Å². The third-order valence-corrected chi connectivity index (χ3v) is 9.40. The average Bonchev–Trinajstić information content (AvgIpc) is 3.25. The predicted molar refractivity (Wildman–Crippen MR) is 271 cm³/mol. The van der Waals surface area contributed by atoms with Crippen molar-refractivity contribution in [3.63, 3.8) is 0 Å². The van der Waals surface area contributed by atoms with Gasteiger partial charge >= 0.3 is 17.9 Å². The van der Waals surface area contributed by atoms with Crippen LogP contribution < -0.4 is 9.47 Å². The summed E-state index contributed by atoms with van der Waals surface area (Å²) < 4.78 is 25.7. The van der Waals surface area contributed by atoms with E-state index < -0.39 is 0 Å². The van der Waals surface area contributed by atoms with E-state index in [1.165, 1.54) is 18.2 Å². The second-order valence-corrected chi connectivity index (χ2v) is 19.3. The molecule has 8 nitrogen and oxygen atoms in total. The molecular formula is C57H80O8. The van der Waals surface area contributed by atoms with Gasteiger partial charge in [-0.25, -0.2) is 14.4 Å². The number of benzene rings is 3. The minimum absolute atomic E-state index is 0.275. The zero-order valence-electron chi connectivity index (χ0n) is 41.5. The Morgan fingerprint density at radius 3 is 1.06 bits per heavy atom. The first-order valence-corrected chi connectivity index (χ1v) is 23.0. The van der Waals surface area contributed by atoms with E-state index in [1.54, 1.807) is 32.4 Å². The number of carbonyl (C=O) groups is 3. The summed E-state index contributed by atoms with van der Waals surface area (Å²) in [6, 6.07) is 25.2. The molecule has 0 radical (unpaired) electrons. The summed E-state index contributed by atoms with van der Waals surface area (Å²) in [5.74, 6) is 0.770. The highest BCUT2D eigenvalue weighted by Gasteiger charge is 2.11. The monoisotopic (exact) mass is 893 g/mol. The maximum atomic E-state index is 11.6. The summed E-state index contributed by atoms with van der Waals surface area (Å²) in [5, 5.41) is 0. The average molecular weight is 893 g/mol. The molecule has 0 aliphatic heterocycles. The molecule has 0 aliphatic rings. The van der Waals surface area contributed by atoms with Crippen molar-refractivity contribution >= 4 is 36.1 Å². The first-order valence-electron chi connectivity index (χ1n) is 23.0. The van der Waals surface area contributed by atoms with Crippen molar-refractivity contribution < 1.29 is 38.1 Å². The van der Waals surface area contributed by atoms with E-state index >= 15 is 0 Å². The van der Waals surface area contributed by atoms with Crippen molar-refractivity contribution in [2.45, 2.75) is 120 Å². The molecule has 3 aromatic carbocycles. The molecule has 3 rings (SSSR count). The summed E-state index contributed by atoms with van der Waals surface area (Å²) in [6.07, 6.45) is 26.5. The zero-order valence-corrected chi connectivity index (χ0v) is 41.5. The van der Waals surface area contributed by atoms with Crippen molar-refractivity contribution in [2.75, 3.05) is 34.0 Å². The molecule has 0 amide bonds. The van der Waals surface area contributed by atoms with Gasteiger partial charge in [-0.3, -0.25) is 0 Å². The summed E-state index contributed by atoms with van der Waals surface area (Å²) in [5.41, 5.74) is 4.14. The Morgan fingerprint density at radius 1 is 0.400 bits per heavy atom. The van der Waals surface area contributed by atoms with Gasteiger partial charge in [-0.15, -0.1) is 0 Å². The number of hydrogen-bond donors (Lipinski definition) is 0. The van der Waals surface area contributed by atoms with Gasteiger partial charge in [0.05, 0.1) is 34.0 Å². The summed E-state index contributed by atoms with van der Waals surface area (Å²) in [6.45, 7) is 21.5. The fourth-order valence-corrected chi connectivity index (χ4v) is 5.69. The summed E-state index contributed by atoms with van der Waals surface area (Å²) >= 11 is 0. The number of esters is 3. The third kappa shape index (κ3) is 35.4. The van der Waals surface area contributed by atoms with E-state index in [9.17, 15) is 14.4 Å². The SMILES string of the molecule is CC(C)(C)CCCCOC(=O)/C=C/C=C/c1ccccc1.COc1ccc(/C=C/C(=O)OCCCCC(C)(C)C)cc1.COc1ccc(/C=C/C=C/C(=O)OCCCCC(C)(C)C)cc1. The van der Waals surface area contributed by atoms with Gasteiger partial charge in [0, 0.05) is 18.2 Å². The summed E-state index contributed by atoms with van der Waals surface area (Å²) in [4.78, 5) is 34.6. The molecule has 0 bridgehead atoms. The minimum atomic E-state index is -0.292. The van der Waals surface area contributed by atoms with Crippen LogP contribution in [0.5, 0.6) is 11.5 Å². The smallest absolute Gasteiger partial charge is 0.330 e. The van der Waals surface area contributed by atoms with E-state index in [1.807, 2.05) is 103 Å². The molecule has 0 aromatic heterocycles. The number of methoxy groups -OCH3 is 2. The van der Waals surface area contributed by atoms with Crippen molar-refractivity contribution in [2.24, 2.45) is 16.2 Å². The van der Waals surface area contributed by atoms with Crippen LogP contribution in [-0.2, 0) is 28.6 Å². The fourth-order valence-electron chi connectivity index (χ4n) is 5.69. The second-order valence-electron chi connectivity index (χ2n) is 19.3. The lowest BCUT2D eigenvalue weighted by Crippen LogP contribution is -2.06. The van der Waals surface area contributed by atoms with Crippen LogP contribution in [0.25, 0.3) is 18.2 Å². The largest absolute Gasteiger partial charge is 0.497 e. The maximum absolute atomic E-state index is 11.6. The van der Waals surface area contributed by atoms with Crippen molar-refractivity contribution in [1.29, 1.82) is 0 Å². The van der Waals surface area contributed by atoms with Crippen LogP contribution >= 0.6 is 0 Å². The van der Waals surface area contributed by atoms with Crippen LogP contribution in [0.1, 0.15) is 137 Å². The molecule has 0 fully saturated rings. The van der Waals surface area contributed by atoms with E-state index in [0.29, 0.717) is 36.1 Å². The molecule has 0 saturated carbocycles. The number of rotatable bonds is 22. The van der Waals surface area contributed by atoms with Gasteiger partial charge in [-0.1, -0.05) is 153 Å².